The topological polar surface area (TPSA) is 0 Å². The van der Waals surface area contributed by atoms with Crippen molar-refractivity contribution in [3.05, 3.63) is 54.1 Å². The van der Waals surface area contributed by atoms with Crippen LogP contribution in [-0.2, 0) is 0 Å². The number of benzene rings is 2. The van der Waals surface area contributed by atoms with Crippen LogP contribution in [-0.4, -0.2) is 0 Å². The van der Waals surface area contributed by atoms with Crippen molar-refractivity contribution < 1.29 is 0 Å². The lowest BCUT2D eigenvalue weighted by atomic mass is 10.0. The Hall–Kier alpha value is -1.56. The third-order valence-electron chi connectivity index (χ3n) is 6.81. The largest absolute Gasteiger partial charge is 0.0839 e. The van der Waals surface area contributed by atoms with Crippen LogP contribution in [0.25, 0.3) is 16.8 Å². The van der Waals surface area contributed by atoms with E-state index in [9.17, 15) is 0 Å². The first-order valence-corrected chi connectivity index (χ1v) is 14.1. The molecule has 0 N–H and O–H groups in total. The van der Waals surface area contributed by atoms with Crippen LogP contribution in [0.1, 0.15) is 134 Å². The molecular formula is C32H50. The second kappa shape index (κ2) is 19.0. The van der Waals surface area contributed by atoms with Crippen molar-refractivity contribution in [1.29, 1.82) is 0 Å². The molecule has 0 fully saturated rings. The van der Waals surface area contributed by atoms with E-state index in [1.807, 2.05) is 0 Å². The average Bonchev–Trinajstić information content (AvgIpc) is 2.82. The van der Waals surface area contributed by atoms with Crippen LogP contribution in [0.2, 0.25) is 0 Å². The molecule has 32 heavy (non-hydrogen) atoms. The number of fused-ring (bicyclic) bond motifs is 1. The Morgan fingerprint density at radius 2 is 0.969 bits per heavy atom. The van der Waals surface area contributed by atoms with Crippen molar-refractivity contribution in [2.45, 2.75) is 129 Å². The number of allylic oxidation sites excluding steroid dienone is 1. The fraction of sp³-hybridized carbons (Fsp3) is 0.625. The Bertz CT molecular complexity index is 711. The number of hydrogen-bond acceptors (Lipinski definition) is 0. The van der Waals surface area contributed by atoms with E-state index in [4.69, 9.17) is 0 Å². The summed E-state index contributed by atoms with van der Waals surface area (Å²) in [6.45, 7) is 2.30. The Morgan fingerprint density at radius 1 is 0.500 bits per heavy atom. The van der Waals surface area contributed by atoms with E-state index in [2.05, 4.69) is 61.5 Å². The Labute approximate surface area is 199 Å². The highest BCUT2D eigenvalue weighted by Gasteiger charge is 1.96. The Kier molecular flexibility index (Phi) is 15.8. The molecule has 0 aliphatic carbocycles. The van der Waals surface area contributed by atoms with Crippen molar-refractivity contribution >= 4 is 16.8 Å². The highest BCUT2D eigenvalue weighted by molar-refractivity contribution is 5.84. The summed E-state index contributed by atoms with van der Waals surface area (Å²) < 4.78 is 0. The van der Waals surface area contributed by atoms with Gasteiger partial charge in [-0.1, -0.05) is 165 Å². The predicted molar refractivity (Wildman–Crippen MR) is 146 cm³/mol. The molecular weight excluding hydrogens is 384 g/mol. The van der Waals surface area contributed by atoms with Crippen LogP contribution in [0.15, 0.2) is 48.5 Å². The van der Waals surface area contributed by atoms with Crippen LogP contribution in [0.4, 0.5) is 0 Å². The zero-order valence-corrected chi connectivity index (χ0v) is 21.1. The molecule has 2 aromatic rings. The quantitative estimate of drug-likeness (QED) is 0.182. The standard InChI is InChI=1S/C32H50/c1-2-3-4-5-6-7-8-9-10-11-12-13-14-15-16-17-18-19-20-21-24-30-27-28-31-25-22-23-26-32(31)29-30/h21-29H,2-20H2,1H3/b24-21+. The fourth-order valence-electron chi connectivity index (χ4n) is 4.69. The van der Waals surface area contributed by atoms with E-state index in [0.29, 0.717) is 0 Å². The summed E-state index contributed by atoms with van der Waals surface area (Å²) in [4.78, 5) is 0. The van der Waals surface area contributed by atoms with Gasteiger partial charge in [0.05, 0.1) is 0 Å². The molecule has 0 unspecified atom stereocenters. The predicted octanol–water partition coefficient (Wildman–Crippen LogP) is 11.3. The van der Waals surface area contributed by atoms with Crippen molar-refractivity contribution in [2.75, 3.05) is 0 Å². The minimum absolute atomic E-state index is 1.21. The van der Waals surface area contributed by atoms with Crippen LogP contribution in [0.3, 0.4) is 0 Å². The molecule has 0 nitrogen and oxygen atoms in total. The summed E-state index contributed by atoms with van der Waals surface area (Å²) in [6, 6.07) is 15.4. The van der Waals surface area contributed by atoms with E-state index in [0.717, 1.165) is 0 Å². The zero-order chi connectivity index (χ0) is 22.5. The van der Waals surface area contributed by atoms with Gasteiger partial charge in [0.1, 0.15) is 0 Å². The van der Waals surface area contributed by atoms with Gasteiger partial charge in [0.25, 0.3) is 0 Å². The molecule has 0 spiro atoms. The average molecular weight is 435 g/mol. The molecule has 0 amide bonds. The molecule has 0 heterocycles. The zero-order valence-electron chi connectivity index (χ0n) is 21.1. The van der Waals surface area contributed by atoms with Gasteiger partial charge in [-0.2, -0.15) is 0 Å². The van der Waals surface area contributed by atoms with Gasteiger partial charge in [0.2, 0.25) is 0 Å². The SMILES string of the molecule is CCCCCCCCCCCCCCCCCCCC/C=C/c1ccc2ccccc2c1. The first-order valence-electron chi connectivity index (χ1n) is 14.1. The van der Waals surface area contributed by atoms with Gasteiger partial charge in [-0.25, -0.2) is 0 Å². The van der Waals surface area contributed by atoms with Gasteiger partial charge >= 0.3 is 0 Å². The molecule has 0 atom stereocenters. The highest BCUT2D eigenvalue weighted by Crippen LogP contribution is 2.17. The highest BCUT2D eigenvalue weighted by atomic mass is 14.0. The molecule has 2 rings (SSSR count). The molecule has 178 valence electrons. The maximum atomic E-state index is 2.36. The molecule has 0 aromatic heterocycles. The minimum Gasteiger partial charge on any atom is -0.0839 e. The van der Waals surface area contributed by atoms with Gasteiger partial charge in [0.15, 0.2) is 0 Å². The summed E-state index contributed by atoms with van der Waals surface area (Å²) in [6.07, 6.45) is 31.9. The number of rotatable bonds is 20. The summed E-state index contributed by atoms with van der Waals surface area (Å²) in [7, 11) is 0. The second-order valence-corrected chi connectivity index (χ2v) is 9.81. The van der Waals surface area contributed by atoms with Crippen LogP contribution in [0.5, 0.6) is 0 Å². The minimum atomic E-state index is 1.21. The van der Waals surface area contributed by atoms with Gasteiger partial charge in [-0.15, -0.1) is 0 Å². The molecule has 0 saturated heterocycles. The summed E-state index contributed by atoms with van der Waals surface area (Å²) in [5, 5.41) is 2.66. The lowest BCUT2D eigenvalue weighted by Crippen LogP contribution is -1.84. The van der Waals surface area contributed by atoms with E-state index in [1.54, 1.807) is 0 Å². The van der Waals surface area contributed by atoms with Crippen LogP contribution < -0.4 is 0 Å². The molecule has 0 aliphatic heterocycles. The van der Waals surface area contributed by atoms with E-state index < -0.39 is 0 Å². The maximum Gasteiger partial charge on any atom is -0.0178 e. The van der Waals surface area contributed by atoms with Gasteiger partial charge in [-0.3, -0.25) is 0 Å². The third kappa shape index (κ3) is 13.1. The van der Waals surface area contributed by atoms with Crippen molar-refractivity contribution in [3.63, 3.8) is 0 Å². The monoisotopic (exact) mass is 434 g/mol. The summed E-state index contributed by atoms with van der Waals surface area (Å²) >= 11 is 0. The van der Waals surface area contributed by atoms with E-state index >= 15 is 0 Å². The van der Waals surface area contributed by atoms with Crippen LogP contribution >= 0.6 is 0 Å². The summed E-state index contributed by atoms with van der Waals surface area (Å²) in [5.41, 5.74) is 1.33. The van der Waals surface area contributed by atoms with Gasteiger partial charge in [0, 0.05) is 0 Å². The smallest absolute Gasteiger partial charge is 0.0178 e. The van der Waals surface area contributed by atoms with Crippen molar-refractivity contribution in [2.24, 2.45) is 0 Å². The molecule has 0 aliphatic rings. The van der Waals surface area contributed by atoms with Gasteiger partial charge < -0.3 is 0 Å². The second-order valence-electron chi connectivity index (χ2n) is 9.81. The Morgan fingerprint density at radius 3 is 1.50 bits per heavy atom. The maximum absolute atomic E-state index is 2.36. The number of unbranched alkanes of at least 4 members (excludes halogenated alkanes) is 18. The van der Waals surface area contributed by atoms with Crippen molar-refractivity contribution in [3.8, 4) is 0 Å². The molecule has 0 saturated carbocycles. The fourth-order valence-corrected chi connectivity index (χ4v) is 4.69. The van der Waals surface area contributed by atoms with Gasteiger partial charge in [-0.05, 0) is 35.2 Å². The van der Waals surface area contributed by atoms with E-state index in [-0.39, 0.29) is 0 Å². The lowest BCUT2D eigenvalue weighted by Gasteiger charge is -2.03. The Balaban J connectivity index is 1.31. The van der Waals surface area contributed by atoms with E-state index in [1.165, 1.54) is 138 Å². The first-order chi connectivity index (χ1) is 15.9. The van der Waals surface area contributed by atoms with Crippen LogP contribution in [0, 0.1) is 0 Å². The molecule has 0 bridgehead atoms. The summed E-state index contributed by atoms with van der Waals surface area (Å²) in [5.74, 6) is 0. The normalized spacial score (nSPS) is 11.7. The molecule has 0 radical (unpaired) electrons. The van der Waals surface area contributed by atoms with Crippen molar-refractivity contribution in [1.82, 2.24) is 0 Å². The third-order valence-corrected chi connectivity index (χ3v) is 6.81. The lowest BCUT2D eigenvalue weighted by molar-refractivity contribution is 0.525. The first kappa shape index (κ1) is 26.7. The molecule has 2 aromatic carbocycles. The number of hydrogen-bond donors (Lipinski definition) is 0. The molecule has 0 heteroatoms.